The molecule has 5 rings (SSSR count). The number of carbonyl (C=O) groups excluding carboxylic acids is 1. The second kappa shape index (κ2) is 7.08. The SMILES string of the molecule is CC1(C)c2cc(OCC(O)CO)ccc2C(=O)c2c1[nH]c1cc(-c3ncc[nH]3)ccc21. The van der Waals surface area contributed by atoms with E-state index in [2.05, 4.69) is 28.8 Å². The van der Waals surface area contributed by atoms with Gasteiger partial charge in [0.05, 0.1) is 12.2 Å². The van der Waals surface area contributed by atoms with Crippen molar-refractivity contribution < 1.29 is 19.7 Å². The Morgan fingerprint density at radius 3 is 2.77 bits per heavy atom. The third kappa shape index (κ3) is 3.05. The van der Waals surface area contributed by atoms with E-state index in [0.29, 0.717) is 16.9 Å². The number of nitrogens with zero attached hydrogens (tertiary/aromatic N) is 1. The lowest BCUT2D eigenvalue weighted by molar-refractivity contribution is 0.0535. The number of rotatable bonds is 5. The van der Waals surface area contributed by atoms with Crippen molar-refractivity contribution in [1.82, 2.24) is 15.0 Å². The average molecular weight is 417 g/mol. The molecule has 0 aliphatic heterocycles. The van der Waals surface area contributed by atoms with Crippen LogP contribution in [0.1, 0.15) is 41.0 Å². The van der Waals surface area contributed by atoms with Crippen molar-refractivity contribution in [3.63, 3.8) is 0 Å². The minimum absolute atomic E-state index is 0.0170. The quantitative estimate of drug-likeness (QED) is 0.399. The first kappa shape index (κ1) is 19.5. The summed E-state index contributed by atoms with van der Waals surface area (Å²) in [6, 6.07) is 11.3. The maximum atomic E-state index is 13.5. The van der Waals surface area contributed by atoms with Crippen LogP contribution in [0, 0.1) is 0 Å². The number of nitrogens with one attached hydrogen (secondary N) is 2. The third-order valence-corrected chi connectivity index (χ3v) is 5.98. The molecule has 1 atom stereocenters. The van der Waals surface area contributed by atoms with Crippen molar-refractivity contribution in [3.05, 3.63) is 71.2 Å². The highest BCUT2D eigenvalue weighted by molar-refractivity contribution is 6.20. The zero-order valence-electron chi connectivity index (χ0n) is 17.3. The Balaban J connectivity index is 1.60. The number of benzene rings is 2. The van der Waals surface area contributed by atoms with E-state index >= 15 is 0 Å². The number of aromatic amines is 2. The van der Waals surface area contributed by atoms with Crippen molar-refractivity contribution in [2.75, 3.05) is 13.2 Å². The molecule has 0 saturated carbocycles. The second-order valence-corrected chi connectivity index (χ2v) is 8.38. The Morgan fingerprint density at radius 2 is 2.03 bits per heavy atom. The van der Waals surface area contributed by atoms with Gasteiger partial charge in [-0.2, -0.15) is 0 Å². The molecule has 1 aliphatic rings. The van der Waals surface area contributed by atoms with Gasteiger partial charge in [0.1, 0.15) is 24.3 Å². The van der Waals surface area contributed by atoms with Crippen LogP contribution in [0.4, 0.5) is 0 Å². The molecule has 0 radical (unpaired) electrons. The predicted molar refractivity (Wildman–Crippen MR) is 116 cm³/mol. The summed E-state index contributed by atoms with van der Waals surface area (Å²) in [4.78, 5) is 24.4. The predicted octanol–water partition coefficient (Wildman–Crippen LogP) is 3.16. The lowest BCUT2D eigenvalue weighted by Gasteiger charge is -2.32. The van der Waals surface area contributed by atoms with Gasteiger partial charge in [0.25, 0.3) is 0 Å². The van der Waals surface area contributed by atoms with Gasteiger partial charge in [-0.05, 0) is 29.8 Å². The number of carbonyl (C=O) groups is 1. The number of ether oxygens (including phenoxy) is 1. The standard InChI is InChI=1S/C24H23N3O4/c1-24(2)18-10-15(31-12-14(29)11-28)4-6-16(18)21(30)20-17-5-3-13(23-25-7-8-26-23)9-19(17)27-22(20)24/h3-10,14,27-29H,11-12H2,1-2H3,(H,25,26). The van der Waals surface area contributed by atoms with E-state index in [1.165, 1.54) is 0 Å². The van der Waals surface area contributed by atoms with Crippen LogP contribution >= 0.6 is 0 Å². The molecule has 7 heteroatoms. The van der Waals surface area contributed by atoms with Gasteiger partial charge in [-0.15, -0.1) is 0 Å². The molecular weight excluding hydrogens is 394 g/mol. The van der Waals surface area contributed by atoms with Crippen molar-refractivity contribution >= 4 is 16.7 Å². The van der Waals surface area contributed by atoms with Crippen LogP contribution in [0.25, 0.3) is 22.3 Å². The molecule has 2 aromatic carbocycles. The van der Waals surface area contributed by atoms with Gasteiger partial charge < -0.3 is 24.9 Å². The molecule has 1 aliphatic carbocycles. The van der Waals surface area contributed by atoms with Gasteiger partial charge in [0.15, 0.2) is 5.78 Å². The van der Waals surface area contributed by atoms with Crippen LogP contribution in [0.15, 0.2) is 48.8 Å². The third-order valence-electron chi connectivity index (χ3n) is 5.98. The van der Waals surface area contributed by atoms with Gasteiger partial charge in [-0.3, -0.25) is 4.79 Å². The van der Waals surface area contributed by atoms with Gasteiger partial charge in [0, 0.05) is 45.5 Å². The summed E-state index contributed by atoms with van der Waals surface area (Å²) in [5.74, 6) is 1.30. The summed E-state index contributed by atoms with van der Waals surface area (Å²) >= 11 is 0. The first-order valence-corrected chi connectivity index (χ1v) is 10.2. The highest BCUT2D eigenvalue weighted by Crippen LogP contribution is 2.45. The first-order valence-electron chi connectivity index (χ1n) is 10.2. The lowest BCUT2D eigenvalue weighted by Crippen LogP contribution is -2.30. The largest absolute Gasteiger partial charge is 0.491 e. The van der Waals surface area contributed by atoms with E-state index in [9.17, 15) is 9.90 Å². The first-order chi connectivity index (χ1) is 14.9. The normalized spacial score (nSPS) is 15.5. The number of fused-ring (bicyclic) bond motifs is 4. The molecule has 31 heavy (non-hydrogen) atoms. The molecule has 0 fully saturated rings. The van der Waals surface area contributed by atoms with Crippen molar-refractivity contribution in [2.24, 2.45) is 0 Å². The van der Waals surface area contributed by atoms with E-state index < -0.39 is 11.5 Å². The fraction of sp³-hybridized carbons (Fsp3) is 0.250. The number of ketones is 1. The van der Waals surface area contributed by atoms with Crippen LogP contribution in [0.5, 0.6) is 5.75 Å². The highest BCUT2D eigenvalue weighted by atomic mass is 16.5. The van der Waals surface area contributed by atoms with Crippen LogP contribution in [-0.4, -0.2) is 50.3 Å². The van der Waals surface area contributed by atoms with Crippen molar-refractivity contribution in [2.45, 2.75) is 25.4 Å². The van der Waals surface area contributed by atoms with E-state index in [4.69, 9.17) is 9.84 Å². The molecular formula is C24H23N3O4. The Morgan fingerprint density at radius 1 is 1.19 bits per heavy atom. The summed E-state index contributed by atoms with van der Waals surface area (Å²) < 4.78 is 5.62. The maximum Gasteiger partial charge on any atom is 0.195 e. The minimum Gasteiger partial charge on any atom is -0.491 e. The van der Waals surface area contributed by atoms with Crippen molar-refractivity contribution in [1.29, 1.82) is 0 Å². The van der Waals surface area contributed by atoms with Gasteiger partial charge in [-0.25, -0.2) is 4.98 Å². The monoisotopic (exact) mass is 417 g/mol. The zero-order valence-corrected chi connectivity index (χ0v) is 17.3. The minimum atomic E-state index is -0.950. The molecule has 2 heterocycles. The van der Waals surface area contributed by atoms with Crippen LogP contribution < -0.4 is 4.74 Å². The molecule has 0 amide bonds. The summed E-state index contributed by atoms with van der Waals surface area (Å²) in [7, 11) is 0. The summed E-state index contributed by atoms with van der Waals surface area (Å²) in [5.41, 5.74) is 4.43. The zero-order chi connectivity index (χ0) is 21.8. The second-order valence-electron chi connectivity index (χ2n) is 8.38. The topological polar surface area (TPSA) is 111 Å². The van der Waals surface area contributed by atoms with E-state index in [0.717, 1.165) is 33.5 Å². The number of H-pyrrole nitrogens is 2. The Bertz CT molecular complexity index is 1290. The van der Waals surface area contributed by atoms with Gasteiger partial charge in [-0.1, -0.05) is 26.0 Å². The Labute approximate surface area is 178 Å². The fourth-order valence-corrected chi connectivity index (χ4v) is 4.32. The number of imidazole rings is 1. The summed E-state index contributed by atoms with van der Waals surface area (Å²) in [5, 5.41) is 19.4. The number of aromatic nitrogens is 3. The molecule has 1 unspecified atom stereocenters. The van der Waals surface area contributed by atoms with Gasteiger partial charge >= 0.3 is 0 Å². The van der Waals surface area contributed by atoms with Crippen LogP contribution in [0.2, 0.25) is 0 Å². The maximum absolute atomic E-state index is 13.5. The summed E-state index contributed by atoms with van der Waals surface area (Å²) in [6.45, 7) is 3.77. The summed E-state index contributed by atoms with van der Waals surface area (Å²) in [6.07, 6.45) is 2.54. The molecule has 4 aromatic rings. The number of aliphatic hydroxyl groups excluding tert-OH is 2. The van der Waals surface area contributed by atoms with E-state index in [-0.39, 0.29) is 19.0 Å². The highest BCUT2D eigenvalue weighted by Gasteiger charge is 2.39. The fourth-order valence-electron chi connectivity index (χ4n) is 4.32. The Hall–Kier alpha value is -3.42. The average Bonchev–Trinajstić information content (AvgIpc) is 3.44. The van der Waals surface area contributed by atoms with Crippen molar-refractivity contribution in [3.8, 4) is 17.1 Å². The number of hydrogen-bond acceptors (Lipinski definition) is 5. The number of hydrogen-bond donors (Lipinski definition) is 4. The van der Waals surface area contributed by atoms with Crippen LogP contribution in [0.3, 0.4) is 0 Å². The molecule has 2 aromatic heterocycles. The molecule has 158 valence electrons. The van der Waals surface area contributed by atoms with Gasteiger partial charge in [0.2, 0.25) is 0 Å². The molecule has 0 bridgehead atoms. The molecule has 0 spiro atoms. The smallest absolute Gasteiger partial charge is 0.195 e. The molecule has 0 saturated heterocycles. The van der Waals surface area contributed by atoms with E-state index in [1.807, 2.05) is 24.3 Å². The number of aliphatic hydroxyl groups is 2. The molecule has 7 nitrogen and oxygen atoms in total. The van der Waals surface area contributed by atoms with E-state index in [1.54, 1.807) is 24.5 Å². The van der Waals surface area contributed by atoms with Crippen LogP contribution in [-0.2, 0) is 5.41 Å². The molecule has 4 N–H and O–H groups in total. The lowest BCUT2D eigenvalue weighted by atomic mass is 9.71. The Kier molecular flexibility index (Phi) is 4.46.